The summed E-state index contributed by atoms with van der Waals surface area (Å²) >= 11 is 0. The molecule has 23 heavy (non-hydrogen) atoms. The molecule has 0 aliphatic rings. The van der Waals surface area contributed by atoms with Crippen LogP contribution < -0.4 is 10.1 Å². The Morgan fingerprint density at radius 3 is 2.61 bits per heavy atom. The van der Waals surface area contributed by atoms with Crippen molar-refractivity contribution in [2.24, 2.45) is 0 Å². The number of ether oxygens (including phenoxy) is 1. The molecule has 0 aliphatic heterocycles. The van der Waals surface area contributed by atoms with Gasteiger partial charge >= 0.3 is 0 Å². The largest absolute Gasteiger partial charge is 0.491 e. The second-order valence-corrected chi connectivity index (χ2v) is 5.19. The van der Waals surface area contributed by atoms with Crippen molar-refractivity contribution in [1.82, 2.24) is 0 Å². The summed E-state index contributed by atoms with van der Waals surface area (Å²) in [5, 5.41) is 2.46. The average molecular weight is 317 g/mol. The Labute approximate surface area is 133 Å². The summed E-state index contributed by atoms with van der Waals surface area (Å²) in [6.45, 7) is 3.86. The fraction of sp³-hybridized carbons (Fsp3) is 0.167. The highest BCUT2D eigenvalue weighted by atomic mass is 19.2. The van der Waals surface area contributed by atoms with Gasteiger partial charge in [0.2, 0.25) is 5.91 Å². The van der Waals surface area contributed by atoms with Crippen molar-refractivity contribution in [1.29, 1.82) is 0 Å². The first-order chi connectivity index (χ1) is 10.9. The summed E-state index contributed by atoms with van der Waals surface area (Å²) in [4.78, 5) is 11.8. The van der Waals surface area contributed by atoms with E-state index in [1.54, 1.807) is 12.1 Å². The second-order valence-electron chi connectivity index (χ2n) is 5.19. The molecule has 0 aliphatic carbocycles. The molecule has 0 heterocycles. The van der Waals surface area contributed by atoms with Crippen molar-refractivity contribution in [3.63, 3.8) is 0 Å². The molecule has 0 spiro atoms. The fourth-order valence-electron chi connectivity index (χ4n) is 1.89. The van der Waals surface area contributed by atoms with Gasteiger partial charge in [0, 0.05) is 17.8 Å². The second kappa shape index (κ2) is 7.54. The summed E-state index contributed by atoms with van der Waals surface area (Å²) in [6, 6.07) is 10.5. The van der Waals surface area contributed by atoms with Crippen molar-refractivity contribution >= 4 is 17.7 Å². The zero-order chi connectivity index (χ0) is 16.8. The van der Waals surface area contributed by atoms with Crippen LogP contribution in [0.4, 0.5) is 14.5 Å². The van der Waals surface area contributed by atoms with Gasteiger partial charge in [0.25, 0.3) is 0 Å². The van der Waals surface area contributed by atoms with Crippen LogP contribution >= 0.6 is 0 Å². The quantitative estimate of drug-likeness (QED) is 0.830. The zero-order valence-corrected chi connectivity index (χ0v) is 12.8. The lowest BCUT2D eigenvalue weighted by atomic mass is 10.2. The number of carbonyl (C=O) groups excluding carboxylic acids is 1. The van der Waals surface area contributed by atoms with Gasteiger partial charge in [-0.15, -0.1) is 0 Å². The van der Waals surface area contributed by atoms with Gasteiger partial charge in [0.05, 0.1) is 6.10 Å². The number of benzene rings is 2. The molecule has 2 aromatic rings. The van der Waals surface area contributed by atoms with Gasteiger partial charge in [-0.25, -0.2) is 8.78 Å². The minimum atomic E-state index is -1.01. The van der Waals surface area contributed by atoms with Crippen molar-refractivity contribution < 1.29 is 18.3 Å². The lowest BCUT2D eigenvalue weighted by molar-refractivity contribution is -0.111. The topological polar surface area (TPSA) is 38.3 Å². The first kappa shape index (κ1) is 16.7. The Morgan fingerprint density at radius 2 is 1.91 bits per heavy atom. The van der Waals surface area contributed by atoms with E-state index in [4.69, 9.17) is 4.74 Å². The van der Waals surface area contributed by atoms with Crippen molar-refractivity contribution in [2.45, 2.75) is 20.0 Å². The van der Waals surface area contributed by atoms with Crippen molar-refractivity contribution in [2.75, 3.05) is 5.32 Å². The van der Waals surface area contributed by atoms with E-state index in [0.29, 0.717) is 5.75 Å². The Bertz CT molecular complexity index is 727. The molecular formula is C18H17F2NO2. The standard InChI is InChI=1S/C18H17F2NO2/c1-12(2)23-15-5-3-4-13(10-15)6-9-18(22)21-14-7-8-16(19)17(20)11-14/h3-12H,1-2H3,(H,21,22)/b9-6+. The number of rotatable bonds is 5. The Hall–Kier alpha value is -2.69. The summed E-state index contributed by atoms with van der Waals surface area (Å²) < 4.78 is 31.5. The van der Waals surface area contributed by atoms with E-state index in [1.165, 1.54) is 12.1 Å². The molecule has 0 unspecified atom stereocenters. The SMILES string of the molecule is CC(C)Oc1cccc(/C=C/C(=O)Nc2ccc(F)c(F)c2)c1. The van der Waals surface area contributed by atoms with Gasteiger partial charge < -0.3 is 10.1 Å². The van der Waals surface area contributed by atoms with E-state index in [2.05, 4.69) is 5.32 Å². The van der Waals surface area contributed by atoms with E-state index in [9.17, 15) is 13.6 Å². The maximum absolute atomic E-state index is 13.1. The molecule has 0 saturated heterocycles. The van der Waals surface area contributed by atoms with E-state index in [0.717, 1.165) is 17.7 Å². The Kier molecular flexibility index (Phi) is 5.46. The number of anilines is 1. The number of carbonyl (C=O) groups is 1. The highest BCUT2D eigenvalue weighted by molar-refractivity contribution is 6.01. The molecule has 0 bridgehead atoms. The molecule has 0 radical (unpaired) electrons. The summed E-state index contributed by atoms with van der Waals surface area (Å²) in [6.07, 6.45) is 2.99. The van der Waals surface area contributed by atoms with Crippen LogP contribution in [-0.2, 0) is 4.79 Å². The minimum absolute atomic E-state index is 0.0610. The van der Waals surface area contributed by atoms with Crippen LogP contribution in [0.3, 0.4) is 0 Å². The number of hydrogen-bond donors (Lipinski definition) is 1. The maximum atomic E-state index is 13.1. The number of hydrogen-bond acceptors (Lipinski definition) is 2. The third-order valence-corrected chi connectivity index (χ3v) is 2.84. The molecule has 0 saturated carbocycles. The van der Waals surface area contributed by atoms with Crippen LogP contribution in [0.2, 0.25) is 0 Å². The lowest BCUT2D eigenvalue weighted by Crippen LogP contribution is -2.08. The molecule has 3 nitrogen and oxygen atoms in total. The molecular weight excluding hydrogens is 300 g/mol. The molecule has 120 valence electrons. The molecule has 0 atom stereocenters. The third-order valence-electron chi connectivity index (χ3n) is 2.84. The maximum Gasteiger partial charge on any atom is 0.248 e. The summed E-state index contributed by atoms with van der Waals surface area (Å²) in [7, 11) is 0. The average Bonchev–Trinajstić information content (AvgIpc) is 2.49. The first-order valence-corrected chi connectivity index (χ1v) is 7.15. The smallest absolute Gasteiger partial charge is 0.248 e. The van der Waals surface area contributed by atoms with Crippen LogP contribution in [0.1, 0.15) is 19.4 Å². The Balaban J connectivity index is 2.01. The van der Waals surface area contributed by atoms with Crippen LogP contribution in [-0.4, -0.2) is 12.0 Å². The van der Waals surface area contributed by atoms with E-state index in [-0.39, 0.29) is 11.8 Å². The highest BCUT2D eigenvalue weighted by Crippen LogP contribution is 2.16. The molecule has 2 aromatic carbocycles. The van der Waals surface area contributed by atoms with Gasteiger partial charge in [-0.2, -0.15) is 0 Å². The van der Waals surface area contributed by atoms with E-state index in [1.807, 2.05) is 32.0 Å². The predicted molar refractivity (Wildman–Crippen MR) is 86.2 cm³/mol. The van der Waals surface area contributed by atoms with Gasteiger partial charge in [-0.3, -0.25) is 4.79 Å². The van der Waals surface area contributed by atoms with Gasteiger partial charge in [-0.05, 0) is 49.8 Å². The third kappa shape index (κ3) is 5.21. The highest BCUT2D eigenvalue weighted by Gasteiger charge is 2.04. The molecule has 1 amide bonds. The van der Waals surface area contributed by atoms with E-state index < -0.39 is 17.5 Å². The van der Waals surface area contributed by atoms with Crippen LogP contribution in [0.15, 0.2) is 48.5 Å². The zero-order valence-electron chi connectivity index (χ0n) is 12.8. The predicted octanol–water partition coefficient (Wildman–Crippen LogP) is 4.40. The van der Waals surface area contributed by atoms with Crippen molar-refractivity contribution in [3.05, 3.63) is 65.7 Å². The summed E-state index contributed by atoms with van der Waals surface area (Å²) in [5.41, 5.74) is 0.985. The molecule has 0 fully saturated rings. The first-order valence-electron chi connectivity index (χ1n) is 7.15. The molecule has 1 N–H and O–H groups in total. The molecule has 2 rings (SSSR count). The fourth-order valence-corrected chi connectivity index (χ4v) is 1.89. The van der Waals surface area contributed by atoms with Crippen molar-refractivity contribution in [3.8, 4) is 5.75 Å². The van der Waals surface area contributed by atoms with Crippen LogP contribution in [0.5, 0.6) is 5.75 Å². The number of halogens is 2. The van der Waals surface area contributed by atoms with Crippen LogP contribution in [0.25, 0.3) is 6.08 Å². The lowest BCUT2D eigenvalue weighted by Gasteiger charge is -2.09. The molecule has 0 aromatic heterocycles. The van der Waals surface area contributed by atoms with Gasteiger partial charge in [0.15, 0.2) is 11.6 Å². The monoisotopic (exact) mass is 317 g/mol. The number of nitrogens with one attached hydrogen (secondary N) is 1. The molecule has 5 heteroatoms. The number of amides is 1. The normalized spacial score (nSPS) is 11.0. The van der Waals surface area contributed by atoms with Crippen LogP contribution in [0, 0.1) is 11.6 Å². The van der Waals surface area contributed by atoms with Gasteiger partial charge in [-0.1, -0.05) is 12.1 Å². The Morgan fingerprint density at radius 1 is 1.13 bits per heavy atom. The van der Waals surface area contributed by atoms with Gasteiger partial charge in [0.1, 0.15) is 5.75 Å². The van der Waals surface area contributed by atoms with E-state index >= 15 is 0 Å². The minimum Gasteiger partial charge on any atom is -0.491 e. The summed E-state index contributed by atoms with van der Waals surface area (Å²) in [5.74, 6) is -1.69.